The summed E-state index contributed by atoms with van der Waals surface area (Å²) in [7, 11) is 0. The fourth-order valence-electron chi connectivity index (χ4n) is 2.08. The van der Waals surface area contributed by atoms with Crippen molar-refractivity contribution >= 4 is 21.9 Å². The van der Waals surface area contributed by atoms with E-state index in [1.165, 1.54) is 16.7 Å². The van der Waals surface area contributed by atoms with E-state index in [2.05, 4.69) is 44.1 Å². The van der Waals surface area contributed by atoms with Crippen molar-refractivity contribution in [3.8, 4) is 0 Å². The zero-order valence-electron chi connectivity index (χ0n) is 8.57. The molecule has 0 amide bonds. The second kappa shape index (κ2) is 3.56. The molecule has 0 saturated carbocycles. The Hall–Kier alpha value is -1.42. The van der Waals surface area contributed by atoms with Gasteiger partial charge < -0.3 is 5.73 Å². The minimum atomic E-state index is 0.360. The number of nitrogens with two attached hydrogens (primary N) is 1. The lowest BCUT2D eigenvalue weighted by atomic mass is 9.90. The monoisotopic (exact) mass is 275 g/mol. The molecule has 3 nitrogen and oxygen atoms in total. The molecule has 0 bridgehead atoms. The topological polar surface area (TPSA) is 51.8 Å². The lowest BCUT2D eigenvalue weighted by Crippen LogP contribution is -2.11. The van der Waals surface area contributed by atoms with E-state index in [1.54, 1.807) is 0 Å². The van der Waals surface area contributed by atoms with Crippen molar-refractivity contribution in [1.29, 1.82) is 0 Å². The SMILES string of the molecule is Nc1ncc2c(n1)Cc1ccc(Br)cc1C2. The highest BCUT2D eigenvalue weighted by Crippen LogP contribution is 2.27. The third-order valence-corrected chi connectivity index (χ3v) is 3.37. The molecule has 0 aliphatic heterocycles. The second-order valence-corrected chi connectivity index (χ2v) is 4.88. The van der Waals surface area contributed by atoms with E-state index < -0.39 is 0 Å². The highest BCUT2D eigenvalue weighted by Gasteiger charge is 2.17. The Morgan fingerprint density at radius 1 is 1.12 bits per heavy atom. The Labute approximate surface area is 102 Å². The van der Waals surface area contributed by atoms with Crippen LogP contribution in [0.2, 0.25) is 0 Å². The summed E-state index contributed by atoms with van der Waals surface area (Å²) >= 11 is 3.49. The van der Waals surface area contributed by atoms with Gasteiger partial charge in [0, 0.05) is 23.5 Å². The van der Waals surface area contributed by atoms with Gasteiger partial charge in [0.2, 0.25) is 5.95 Å². The van der Waals surface area contributed by atoms with Crippen molar-refractivity contribution in [2.75, 3.05) is 5.73 Å². The van der Waals surface area contributed by atoms with Crippen LogP contribution in [-0.2, 0) is 12.8 Å². The summed E-state index contributed by atoms with van der Waals surface area (Å²) in [5, 5.41) is 0. The van der Waals surface area contributed by atoms with Gasteiger partial charge in [0.15, 0.2) is 0 Å². The van der Waals surface area contributed by atoms with Crippen LogP contribution >= 0.6 is 15.9 Å². The second-order valence-electron chi connectivity index (χ2n) is 3.97. The molecule has 1 heterocycles. The maximum atomic E-state index is 5.60. The zero-order chi connectivity index (χ0) is 11.1. The largest absolute Gasteiger partial charge is 0.368 e. The number of benzene rings is 1. The van der Waals surface area contributed by atoms with Crippen molar-refractivity contribution in [2.45, 2.75) is 12.8 Å². The van der Waals surface area contributed by atoms with E-state index in [4.69, 9.17) is 5.73 Å². The molecule has 1 aliphatic carbocycles. The minimum absolute atomic E-state index is 0.360. The normalized spacial score (nSPS) is 13.1. The first-order chi connectivity index (χ1) is 7.72. The quantitative estimate of drug-likeness (QED) is 0.685. The standard InChI is InChI=1S/C12H10BrN3/c13-10-2-1-7-5-11-9(3-8(7)4-10)6-15-12(14)16-11/h1-2,4,6H,3,5H2,(H2,14,15,16). The van der Waals surface area contributed by atoms with E-state index in [0.29, 0.717) is 5.95 Å². The molecule has 0 spiro atoms. The van der Waals surface area contributed by atoms with E-state index in [1.807, 2.05) is 6.20 Å². The summed E-state index contributed by atoms with van der Waals surface area (Å²) in [5.41, 5.74) is 10.5. The first-order valence-electron chi connectivity index (χ1n) is 5.10. The fraction of sp³-hybridized carbons (Fsp3) is 0.167. The summed E-state index contributed by atoms with van der Waals surface area (Å²) in [6.45, 7) is 0. The van der Waals surface area contributed by atoms with Gasteiger partial charge in [-0.05, 0) is 28.8 Å². The molecule has 80 valence electrons. The molecular formula is C12H10BrN3. The van der Waals surface area contributed by atoms with Crippen molar-refractivity contribution in [2.24, 2.45) is 0 Å². The predicted octanol–water partition coefficient (Wildman–Crippen LogP) is 2.32. The molecule has 2 aromatic rings. The molecule has 4 heteroatoms. The third kappa shape index (κ3) is 1.59. The number of anilines is 1. The maximum absolute atomic E-state index is 5.60. The number of hydrogen-bond acceptors (Lipinski definition) is 3. The van der Waals surface area contributed by atoms with Gasteiger partial charge in [0.05, 0.1) is 5.69 Å². The Kier molecular flexibility index (Phi) is 2.17. The number of hydrogen-bond donors (Lipinski definition) is 1. The first-order valence-corrected chi connectivity index (χ1v) is 5.89. The highest BCUT2D eigenvalue weighted by molar-refractivity contribution is 9.10. The number of nitrogen functional groups attached to an aromatic ring is 1. The molecule has 3 rings (SSSR count). The van der Waals surface area contributed by atoms with Gasteiger partial charge in [-0.3, -0.25) is 0 Å². The van der Waals surface area contributed by atoms with Crippen molar-refractivity contribution in [3.05, 3.63) is 51.3 Å². The lowest BCUT2D eigenvalue weighted by Gasteiger charge is -2.18. The Balaban J connectivity index is 2.09. The predicted molar refractivity (Wildman–Crippen MR) is 66.2 cm³/mol. The molecule has 0 fully saturated rings. The number of aromatic nitrogens is 2. The molecule has 0 radical (unpaired) electrons. The van der Waals surface area contributed by atoms with Crippen LogP contribution in [0.25, 0.3) is 0 Å². The average Bonchev–Trinajstić information content (AvgIpc) is 2.26. The van der Waals surface area contributed by atoms with Crippen LogP contribution in [-0.4, -0.2) is 9.97 Å². The molecule has 16 heavy (non-hydrogen) atoms. The average molecular weight is 276 g/mol. The molecular weight excluding hydrogens is 266 g/mol. The summed E-state index contributed by atoms with van der Waals surface area (Å²) in [6, 6.07) is 6.36. The van der Waals surface area contributed by atoms with E-state index in [9.17, 15) is 0 Å². The van der Waals surface area contributed by atoms with Crippen molar-refractivity contribution in [3.63, 3.8) is 0 Å². The highest BCUT2D eigenvalue weighted by atomic mass is 79.9. The molecule has 0 saturated heterocycles. The summed E-state index contributed by atoms with van der Waals surface area (Å²) < 4.78 is 1.12. The van der Waals surface area contributed by atoms with Gasteiger partial charge in [-0.25, -0.2) is 9.97 Å². The van der Waals surface area contributed by atoms with Gasteiger partial charge in [0.25, 0.3) is 0 Å². The number of fused-ring (bicyclic) bond motifs is 2. The number of nitrogens with zero attached hydrogens (tertiary/aromatic N) is 2. The van der Waals surface area contributed by atoms with Gasteiger partial charge in [-0.1, -0.05) is 22.0 Å². The van der Waals surface area contributed by atoms with Gasteiger partial charge >= 0.3 is 0 Å². The van der Waals surface area contributed by atoms with Crippen LogP contribution in [0.4, 0.5) is 5.95 Å². The van der Waals surface area contributed by atoms with Crippen LogP contribution in [0, 0.1) is 0 Å². The Morgan fingerprint density at radius 2 is 2.00 bits per heavy atom. The Morgan fingerprint density at radius 3 is 2.88 bits per heavy atom. The number of halogens is 1. The summed E-state index contributed by atoms with van der Waals surface area (Å²) in [6.07, 6.45) is 3.58. The van der Waals surface area contributed by atoms with Gasteiger partial charge in [-0.15, -0.1) is 0 Å². The maximum Gasteiger partial charge on any atom is 0.220 e. The molecule has 1 aromatic carbocycles. The minimum Gasteiger partial charge on any atom is -0.368 e. The fourth-order valence-corrected chi connectivity index (χ4v) is 2.48. The van der Waals surface area contributed by atoms with E-state index >= 15 is 0 Å². The van der Waals surface area contributed by atoms with E-state index in [0.717, 1.165) is 23.0 Å². The van der Waals surface area contributed by atoms with Crippen LogP contribution in [0.3, 0.4) is 0 Å². The number of rotatable bonds is 0. The summed E-state index contributed by atoms with van der Waals surface area (Å²) in [5.74, 6) is 0.360. The summed E-state index contributed by atoms with van der Waals surface area (Å²) in [4.78, 5) is 8.33. The van der Waals surface area contributed by atoms with Gasteiger partial charge in [-0.2, -0.15) is 0 Å². The molecule has 1 aliphatic rings. The molecule has 1 aromatic heterocycles. The van der Waals surface area contributed by atoms with Crippen molar-refractivity contribution < 1.29 is 0 Å². The van der Waals surface area contributed by atoms with Crippen molar-refractivity contribution in [1.82, 2.24) is 9.97 Å². The Bertz CT molecular complexity index is 515. The lowest BCUT2D eigenvalue weighted by molar-refractivity contribution is 0.918. The van der Waals surface area contributed by atoms with Crippen LogP contribution in [0.5, 0.6) is 0 Å². The molecule has 0 atom stereocenters. The van der Waals surface area contributed by atoms with E-state index in [-0.39, 0.29) is 0 Å². The smallest absolute Gasteiger partial charge is 0.220 e. The van der Waals surface area contributed by atoms with Crippen LogP contribution in [0.15, 0.2) is 28.9 Å². The van der Waals surface area contributed by atoms with Crippen LogP contribution in [0.1, 0.15) is 22.4 Å². The van der Waals surface area contributed by atoms with Gasteiger partial charge in [0.1, 0.15) is 0 Å². The van der Waals surface area contributed by atoms with Crippen LogP contribution < -0.4 is 5.73 Å². The molecule has 0 unspecified atom stereocenters. The third-order valence-electron chi connectivity index (χ3n) is 2.88. The molecule has 2 N–H and O–H groups in total. The first kappa shape index (κ1) is 9.78. The zero-order valence-corrected chi connectivity index (χ0v) is 10.2.